The topological polar surface area (TPSA) is 109 Å². The Labute approximate surface area is 192 Å². The molecule has 172 valence electrons. The van der Waals surface area contributed by atoms with E-state index in [-0.39, 0.29) is 18.1 Å². The second-order valence-electron chi connectivity index (χ2n) is 8.11. The molecule has 32 heavy (non-hydrogen) atoms. The quantitative estimate of drug-likeness (QED) is 0.505. The molecule has 0 radical (unpaired) electrons. The molecule has 4 heterocycles. The number of sulfone groups is 1. The van der Waals surface area contributed by atoms with Crippen molar-refractivity contribution in [1.29, 1.82) is 0 Å². The summed E-state index contributed by atoms with van der Waals surface area (Å²) < 4.78 is 26.9. The van der Waals surface area contributed by atoms with Gasteiger partial charge in [0.15, 0.2) is 9.84 Å². The molecule has 1 saturated heterocycles. The Hall–Kier alpha value is -2.50. The van der Waals surface area contributed by atoms with Crippen molar-refractivity contribution in [2.45, 2.75) is 12.7 Å². The lowest BCUT2D eigenvalue weighted by Gasteiger charge is -2.32. The van der Waals surface area contributed by atoms with E-state index in [1.807, 2.05) is 6.92 Å². The largest absolute Gasteiger partial charge is 0.368 e. The van der Waals surface area contributed by atoms with Crippen LogP contribution in [0.25, 0.3) is 10.9 Å². The summed E-state index contributed by atoms with van der Waals surface area (Å²) in [6, 6.07) is 3.49. The molecule has 0 aliphatic carbocycles. The van der Waals surface area contributed by atoms with E-state index < -0.39 is 9.84 Å². The van der Waals surface area contributed by atoms with E-state index in [0.717, 1.165) is 31.9 Å². The SMILES string of the molecule is Cc1cc(CS(=O)(=O)CCNc2nc(N3CCN(C)CC3)nc3cnc(Cl)cc23)n(C)n1. The van der Waals surface area contributed by atoms with Crippen molar-refractivity contribution in [2.24, 2.45) is 7.05 Å². The van der Waals surface area contributed by atoms with Crippen molar-refractivity contribution in [1.82, 2.24) is 29.6 Å². The zero-order valence-corrected chi connectivity index (χ0v) is 20.0. The number of likely N-dealkylation sites (N-methyl/N-ethyl adjacent to an activating group) is 1. The number of hydrogen-bond donors (Lipinski definition) is 1. The number of piperazine rings is 1. The van der Waals surface area contributed by atoms with Gasteiger partial charge in [-0.3, -0.25) is 4.68 Å². The highest BCUT2D eigenvalue weighted by Gasteiger charge is 2.20. The smallest absolute Gasteiger partial charge is 0.228 e. The van der Waals surface area contributed by atoms with Gasteiger partial charge in [-0.05, 0) is 26.1 Å². The summed E-state index contributed by atoms with van der Waals surface area (Å²) in [6.45, 7) is 5.55. The molecular formula is C20H27ClN8O2S. The fourth-order valence-corrected chi connectivity index (χ4v) is 5.13. The van der Waals surface area contributed by atoms with Crippen LogP contribution in [0, 0.1) is 6.92 Å². The van der Waals surface area contributed by atoms with Gasteiger partial charge in [-0.15, -0.1) is 0 Å². The maximum atomic E-state index is 12.7. The van der Waals surface area contributed by atoms with Gasteiger partial charge in [0.05, 0.1) is 34.6 Å². The normalized spacial score (nSPS) is 15.4. The first-order valence-corrected chi connectivity index (χ1v) is 12.6. The molecule has 0 unspecified atom stereocenters. The number of aryl methyl sites for hydroxylation is 2. The van der Waals surface area contributed by atoms with Gasteiger partial charge in [-0.25, -0.2) is 18.4 Å². The Morgan fingerprint density at radius 1 is 1.12 bits per heavy atom. The predicted molar refractivity (Wildman–Crippen MR) is 126 cm³/mol. The van der Waals surface area contributed by atoms with Crippen LogP contribution < -0.4 is 10.2 Å². The van der Waals surface area contributed by atoms with E-state index in [9.17, 15) is 8.42 Å². The number of nitrogens with zero attached hydrogens (tertiary/aromatic N) is 7. The summed E-state index contributed by atoms with van der Waals surface area (Å²) >= 11 is 6.09. The van der Waals surface area contributed by atoms with Crippen molar-refractivity contribution in [3.05, 3.63) is 34.9 Å². The molecule has 12 heteroatoms. The fourth-order valence-electron chi connectivity index (χ4n) is 3.70. The first kappa shape index (κ1) is 22.7. The first-order valence-electron chi connectivity index (χ1n) is 10.4. The van der Waals surface area contributed by atoms with Gasteiger partial charge in [-0.2, -0.15) is 10.1 Å². The molecule has 10 nitrogen and oxygen atoms in total. The molecule has 4 rings (SSSR count). The molecule has 3 aromatic heterocycles. The predicted octanol–water partition coefficient (Wildman–Crippen LogP) is 1.50. The minimum Gasteiger partial charge on any atom is -0.368 e. The molecular weight excluding hydrogens is 452 g/mol. The second-order valence-corrected chi connectivity index (χ2v) is 10.7. The number of rotatable bonds is 7. The van der Waals surface area contributed by atoms with E-state index in [0.29, 0.717) is 33.5 Å². The molecule has 0 saturated carbocycles. The summed E-state index contributed by atoms with van der Waals surface area (Å²) in [6.07, 6.45) is 1.62. The summed E-state index contributed by atoms with van der Waals surface area (Å²) in [4.78, 5) is 17.9. The van der Waals surface area contributed by atoms with Gasteiger partial charge in [0.25, 0.3) is 0 Å². The van der Waals surface area contributed by atoms with E-state index in [2.05, 4.69) is 37.2 Å². The van der Waals surface area contributed by atoms with Gasteiger partial charge < -0.3 is 15.1 Å². The van der Waals surface area contributed by atoms with Gasteiger partial charge in [0.2, 0.25) is 5.95 Å². The van der Waals surface area contributed by atoms with Crippen molar-refractivity contribution in [3.63, 3.8) is 0 Å². The fraction of sp³-hybridized carbons (Fsp3) is 0.500. The molecule has 1 aliphatic rings. The molecule has 0 spiro atoms. The molecule has 3 aromatic rings. The zero-order valence-electron chi connectivity index (χ0n) is 18.4. The van der Waals surface area contributed by atoms with Crippen molar-refractivity contribution in [2.75, 3.05) is 55.7 Å². The summed E-state index contributed by atoms with van der Waals surface area (Å²) in [5.41, 5.74) is 2.13. The molecule has 1 N–H and O–H groups in total. The van der Waals surface area contributed by atoms with Crippen molar-refractivity contribution >= 4 is 44.1 Å². The Morgan fingerprint density at radius 3 is 2.56 bits per heavy atom. The lowest BCUT2D eigenvalue weighted by molar-refractivity contribution is 0.311. The monoisotopic (exact) mass is 478 g/mol. The number of halogens is 1. The van der Waals surface area contributed by atoms with E-state index in [1.54, 1.807) is 30.1 Å². The maximum absolute atomic E-state index is 12.7. The van der Waals surface area contributed by atoms with Gasteiger partial charge in [0.1, 0.15) is 11.0 Å². The van der Waals surface area contributed by atoms with Crippen LogP contribution in [-0.4, -0.2) is 83.6 Å². The minimum atomic E-state index is -3.33. The van der Waals surface area contributed by atoms with E-state index in [1.165, 1.54) is 0 Å². The van der Waals surface area contributed by atoms with Crippen LogP contribution in [0.2, 0.25) is 5.15 Å². The molecule has 0 bridgehead atoms. The molecule has 0 aromatic carbocycles. The van der Waals surface area contributed by atoms with E-state index >= 15 is 0 Å². The number of pyridine rings is 1. The molecule has 1 fully saturated rings. The summed E-state index contributed by atoms with van der Waals surface area (Å²) in [5, 5.41) is 8.45. The highest BCUT2D eigenvalue weighted by atomic mass is 35.5. The Balaban J connectivity index is 1.52. The number of fused-ring (bicyclic) bond motifs is 1. The van der Waals surface area contributed by atoms with Crippen molar-refractivity contribution in [3.8, 4) is 0 Å². The molecule has 0 amide bonds. The summed E-state index contributed by atoms with van der Waals surface area (Å²) in [7, 11) is 0.506. The van der Waals surface area contributed by atoms with Crippen LogP contribution in [0.5, 0.6) is 0 Å². The first-order chi connectivity index (χ1) is 15.2. The Bertz CT molecular complexity index is 1220. The van der Waals surface area contributed by atoms with Gasteiger partial charge >= 0.3 is 0 Å². The third-order valence-electron chi connectivity index (χ3n) is 5.50. The molecule has 1 aliphatic heterocycles. The molecule has 0 atom stereocenters. The van der Waals surface area contributed by atoms with Crippen LogP contribution in [-0.2, 0) is 22.6 Å². The minimum absolute atomic E-state index is 0.0363. The van der Waals surface area contributed by atoms with Crippen molar-refractivity contribution < 1.29 is 8.42 Å². The number of nitrogens with one attached hydrogen (secondary N) is 1. The zero-order chi connectivity index (χ0) is 22.9. The van der Waals surface area contributed by atoms with Gasteiger partial charge in [-0.1, -0.05) is 11.6 Å². The standard InChI is InChI=1S/C20H27ClN8O2S/c1-14-10-15(28(3)26-14)13-32(30,31)9-4-22-19-16-11-18(21)23-12-17(16)24-20(25-19)29-7-5-27(2)6-8-29/h10-12H,4-9,13H2,1-3H3,(H,22,24,25). The highest BCUT2D eigenvalue weighted by Crippen LogP contribution is 2.25. The van der Waals surface area contributed by atoms with Crippen LogP contribution >= 0.6 is 11.6 Å². The van der Waals surface area contributed by atoms with Gasteiger partial charge in [0, 0.05) is 45.2 Å². The number of anilines is 2. The Morgan fingerprint density at radius 2 is 1.88 bits per heavy atom. The van der Waals surface area contributed by atoms with Crippen LogP contribution in [0.3, 0.4) is 0 Å². The lowest BCUT2D eigenvalue weighted by atomic mass is 10.3. The third-order valence-corrected chi connectivity index (χ3v) is 7.26. The number of aromatic nitrogens is 5. The summed E-state index contributed by atoms with van der Waals surface area (Å²) in [5.74, 6) is 1.06. The van der Waals surface area contributed by atoms with Crippen LogP contribution in [0.1, 0.15) is 11.4 Å². The van der Waals surface area contributed by atoms with E-state index in [4.69, 9.17) is 16.6 Å². The maximum Gasteiger partial charge on any atom is 0.228 e. The lowest BCUT2D eigenvalue weighted by Crippen LogP contribution is -2.45. The van der Waals surface area contributed by atoms with Crippen LogP contribution in [0.4, 0.5) is 11.8 Å². The third kappa shape index (κ3) is 5.28. The number of hydrogen-bond acceptors (Lipinski definition) is 9. The highest BCUT2D eigenvalue weighted by molar-refractivity contribution is 7.90. The van der Waals surface area contributed by atoms with Crippen LogP contribution in [0.15, 0.2) is 18.3 Å². The Kier molecular flexibility index (Phi) is 6.50. The second kappa shape index (κ2) is 9.16. The average molecular weight is 479 g/mol. The average Bonchev–Trinajstić information content (AvgIpc) is 3.04.